The number of methoxy groups -OCH3 is 2. The Kier molecular flexibility index (Phi) is 7.45. The van der Waals surface area contributed by atoms with Gasteiger partial charge in [0.05, 0.1) is 30.5 Å². The predicted octanol–water partition coefficient (Wildman–Crippen LogP) is 4.81. The summed E-state index contributed by atoms with van der Waals surface area (Å²) in [5.74, 6) is 1.32. The second-order valence-electron chi connectivity index (χ2n) is 6.20. The summed E-state index contributed by atoms with van der Waals surface area (Å²) in [5.41, 5.74) is 4.63. The lowest BCUT2D eigenvalue weighted by Crippen LogP contribution is -2.18. The van der Waals surface area contributed by atoms with Gasteiger partial charge in [-0.3, -0.25) is 4.79 Å². The summed E-state index contributed by atoms with van der Waals surface area (Å²) in [7, 11) is 3.13. The van der Waals surface area contributed by atoms with Crippen molar-refractivity contribution in [2.75, 3.05) is 14.2 Å². The van der Waals surface area contributed by atoms with Crippen molar-refractivity contribution in [1.29, 1.82) is 0 Å². The van der Waals surface area contributed by atoms with Crippen molar-refractivity contribution in [1.82, 2.24) is 5.43 Å². The van der Waals surface area contributed by atoms with Crippen molar-refractivity contribution in [3.05, 3.63) is 87.9 Å². The molecule has 0 saturated heterocycles. The second kappa shape index (κ2) is 10.5. The Morgan fingerprint density at radius 1 is 0.967 bits per heavy atom. The molecule has 0 spiro atoms. The Bertz CT molecular complexity index is 1040. The van der Waals surface area contributed by atoms with Gasteiger partial charge in [0.25, 0.3) is 5.91 Å². The van der Waals surface area contributed by atoms with E-state index in [0.29, 0.717) is 35.0 Å². The van der Waals surface area contributed by atoms with Gasteiger partial charge in [0.1, 0.15) is 23.9 Å². The zero-order valence-corrected chi connectivity index (χ0v) is 18.2. The minimum Gasteiger partial charge on any atom is -0.496 e. The number of hydrazone groups is 1. The maximum absolute atomic E-state index is 12.6. The van der Waals surface area contributed by atoms with Crippen molar-refractivity contribution in [3.8, 4) is 17.2 Å². The van der Waals surface area contributed by atoms with Crippen LogP contribution in [0.4, 0.5) is 0 Å². The molecule has 0 radical (unpaired) electrons. The summed E-state index contributed by atoms with van der Waals surface area (Å²) in [4.78, 5) is 12.6. The van der Waals surface area contributed by atoms with E-state index in [1.54, 1.807) is 44.6 Å². The monoisotopic (exact) mass is 468 g/mol. The number of carbonyl (C=O) groups excluding carboxylic acids is 1. The molecule has 0 unspecified atom stereocenters. The minimum atomic E-state index is -0.374. The molecule has 0 aliphatic heterocycles. The van der Waals surface area contributed by atoms with Crippen molar-refractivity contribution in [3.63, 3.8) is 0 Å². The number of amides is 1. The van der Waals surface area contributed by atoms with Gasteiger partial charge in [0.15, 0.2) is 0 Å². The molecule has 0 bridgehead atoms. The van der Waals surface area contributed by atoms with Gasteiger partial charge in [-0.2, -0.15) is 5.10 Å². The smallest absolute Gasteiger partial charge is 0.275 e. The molecule has 0 aliphatic rings. The molecule has 30 heavy (non-hydrogen) atoms. The highest BCUT2D eigenvalue weighted by Gasteiger charge is 2.12. The van der Waals surface area contributed by atoms with E-state index in [4.69, 9.17) is 14.2 Å². The lowest BCUT2D eigenvalue weighted by molar-refractivity contribution is 0.0950. The lowest BCUT2D eigenvalue weighted by atomic mass is 10.2. The average Bonchev–Trinajstić information content (AvgIpc) is 2.78. The first-order valence-electron chi connectivity index (χ1n) is 9.13. The molecule has 6 nitrogen and oxygen atoms in total. The van der Waals surface area contributed by atoms with Gasteiger partial charge < -0.3 is 14.2 Å². The van der Waals surface area contributed by atoms with Crippen LogP contribution in [0.2, 0.25) is 0 Å². The molecule has 0 aliphatic carbocycles. The Balaban J connectivity index is 1.70. The molecular formula is C23H21BrN2O4. The van der Waals surface area contributed by atoms with Gasteiger partial charge in [0, 0.05) is 11.6 Å². The van der Waals surface area contributed by atoms with Crippen LogP contribution < -0.4 is 19.6 Å². The van der Waals surface area contributed by atoms with Crippen LogP contribution in [-0.2, 0) is 6.61 Å². The number of halogens is 1. The number of hydrogen-bond acceptors (Lipinski definition) is 5. The first kappa shape index (κ1) is 21.4. The molecule has 3 aromatic carbocycles. The van der Waals surface area contributed by atoms with Gasteiger partial charge in [-0.1, -0.05) is 42.5 Å². The van der Waals surface area contributed by atoms with Crippen LogP contribution in [0.15, 0.2) is 76.3 Å². The lowest BCUT2D eigenvalue weighted by Gasteiger charge is -2.11. The summed E-state index contributed by atoms with van der Waals surface area (Å²) >= 11 is 3.43. The topological polar surface area (TPSA) is 69.2 Å². The Labute approximate surface area is 183 Å². The molecular weight excluding hydrogens is 448 g/mol. The fourth-order valence-corrected chi connectivity index (χ4v) is 3.24. The molecule has 1 N–H and O–H groups in total. The van der Waals surface area contributed by atoms with E-state index in [-0.39, 0.29) is 5.91 Å². The zero-order valence-electron chi connectivity index (χ0n) is 16.6. The quantitative estimate of drug-likeness (QED) is 0.380. The maximum atomic E-state index is 12.6. The number of nitrogens with zero attached hydrogens (tertiary/aromatic N) is 1. The molecule has 0 atom stereocenters. The third-order valence-electron chi connectivity index (χ3n) is 4.24. The van der Waals surface area contributed by atoms with E-state index < -0.39 is 0 Å². The van der Waals surface area contributed by atoms with Crippen LogP contribution in [0.5, 0.6) is 17.2 Å². The molecule has 0 saturated carbocycles. The largest absolute Gasteiger partial charge is 0.496 e. The van der Waals surface area contributed by atoms with Crippen LogP contribution in [-0.4, -0.2) is 26.3 Å². The fraction of sp³-hybridized carbons (Fsp3) is 0.130. The Morgan fingerprint density at radius 2 is 1.67 bits per heavy atom. The summed E-state index contributed by atoms with van der Waals surface area (Å²) in [5, 5.41) is 4.06. The fourth-order valence-electron chi connectivity index (χ4n) is 2.72. The third-order valence-corrected chi connectivity index (χ3v) is 4.86. The van der Waals surface area contributed by atoms with E-state index >= 15 is 0 Å². The normalized spacial score (nSPS) is 10.6. The number of benzene rings is 3. The first-order chi connectivity index (χ1) is 14.6. The standard InChI is InChI=1S/C23H21BrN2O4/c1-28-21-13-22(29-2)19(24)12-17(21)14-25-26-23(27)18-10-6-7-11-20(18)30-15-16-8-4-3-5-9-16/h3-14H,15H2,1-2H3,(H,26,27)/b25-14+. The van der Waals surface area contributed by atoms with Crippen molar-refractivity contribution >= 4 is 28.1 Å². The van der Waals surface area contributed by atoms with E-state index in [9.17, 15) is 4.79 Å². The summed E-state index contributed by atoms with van der Waals surface area (Å²) in [6.45, 7) is 0.367. The Hall–Kier alpha value is -3.32. The number of hydrogen-bond donors (Lipinski definition) is 1. The molecule has 1 amide bonds. The van der Waals surface area contributed by atoms with E-state index in [2.05, 4.69) is 26.5 Å². The highest BCUT2D eigenvalue weighted by atomic mass is 79.9. The summed E-state index contributed by atoms with van der Waals surface area (Å²) in [6, 6.07) is 20.3. The van der Waals surface area contributed by atoms with Gasteiger partial charge in [-0.15, -0.1) is 0 Å². The minimum absolute atomic E-state index is 0.367. The van der Waals surface area contributed by atoms with Gasteiger partial charge in [-0.25, -0.2) is 5.43 Å². The van der Waals surface area contributed by atoms with Crippen LogP contribution in [0.1, 0.15) is 21.5 Å². The molecule has 7 heteroatoms. The van der Waals surface area contributed by atoms with Gasteiger partial charge >= 0.3 is 0 Å². The van der Waals surface area contributed by atoms with Crippen LogP contribution in [0, 0.1) is 0 Å². The van der Waals surface area contributed by atoms with Crippen LogP contribution in [0.3, 0.4) is 0 Å². The highest BCUT2D eigenvalue weighted by Crippen LogP contribution is 2.32. The zero-order chi connectivity index (χ0) is 21.3. The van der Waals surface area contributed by atoms with Gasteiger partial charge in [0.2, 0.25) is 0 Å². The van der Waals surface area contributed by atoms with Crippen LogP contribution >= 0.6 is 15.9 Å². The maximum Gasteiger partial charge on any atom is 0.275 e. The molecule has 3 rings (SSSR count). The van der Waals surface area contributed by atoms with Crippen molar-refractivity contribution in [2.24, 2.45) is 5.10 Å². The molecule has 0 aromatic heterocycles. The molecule has 0 heterocycles. The SMILES string of the molecule is COc1cc(OC)c(/C=N/NC(=O)c2ccccc2OCc2ccccc2)cc1Br. The summed E-state index contributed by atoms with van der Waals surface area (Å²) in [6.07, 6.45) is 1.51. The molecule has 0 fully saturated rings. The van der Waals surface area contributed by atoms with E-state index in [1.165, 1.54) is 6.21 Å². The number of nitrogens with one attached hydrogen (secondary N) is 1. The molecule has 154 valence electrons. The number of carbonyl (C=O) groups is 1. The first-order valence-corrected chi connectivity index (χ1v) is 9.92. The summed E-state index contributed by atoms with van der Waals surface area (Å²) < 4.78 is 17.2. The highest BCUT2D eigenvalue weighted by molar-refractivity contribution is 9.10. The van der Waals surface area contributed by atoms with E-state index in [1.807, 2.05) is 36.4 Å². The van der Waals surface area contributed by atoms with Gasteiger partial charge in [-0.05, 0) is 39.7 Å². The molecule has 3 aromatic rings. The number of ether oxygens (including phenoxy) is 3. The Morgan fingerprint density at radius 3 is 2.40 bits per heavy atom. The second-order valence-corrected chi connectivity index (χ2v) is 7.05. The number of rotatable bonds is 8. The number of para-hydroxylation sites is 1. The van der Waals surface area contributed by atoms with Crippen molar-refractivity contribution in [2.45, 2.75) is 6.61 Å². The average molecular weight is 469 g/mol. The third kappa shape index (κ3) is 5.39. The van der Waals surface area contributed by atoms with Crippen LogP contribution in [0.25, 0.3) is 0 Å². The predicted molar refractivity (Wildman–Crippen MR) is 120 cm³/mol. The van der Waals surface area contributed by atoms with E-state index in [0.717, 1.165) is 10.0 Å². The van der Waals surface area contributed by atoms with Crippen molar-refractivity contribution < 1.29 is 19.0 Å².